The van der Waals surface area contributed by atoms with Crippen molar-refractivity contribution in [2.45, 2.75) is 82.6 Å². The lowest BCUT2D eigenvalue weighted by Gasteiger charge is -2.43. The lowest BCUT2D eigenvalue weighted by molar-refractivity contribution is -0.130. The standard InChI is InChI=1S/C30H41N5O/c36-29(21-24-9-4-5-12-27(24)23-7-2-1-3-8-23)34-15-13-25-22-31-30(32-28(25)14-16-34)35-19-17-33(18-20-35)26-10-6-11-26/h4-5,9,12,22-23,26H,1-3,6-8,10-11,13-21H2. The van der Waals surface area contributed by atoms with E-state index in [4.69, 9.17) is 9.97 Å². The molecular formula is C30H41N5O. The number of carbonyl (C=O) groups is 1. The fraction of sp³-hybridized carbons (Fsp3) is 0.633. The highest BCUT2D eigenvalue weighted by atomic mass is 16.2. The zero-order valence-corrected chi connectivity index (χ0v) is 21.7. The van der Waals surface area contributed by atoms with E-state index in [-0.39, 0.29) is 5.91 Å². The van der Waals surface area contributed by atoms with Crippen molar-refractivity contribution >= 4 is 11.9 Å². The highest BCUT2D eigenvalue weighted by Gasteiger charge is 2.29. The topological polar surface area (TPSA) is 52.6 Å². The van der Waals surface area contributed by atoms with Gasteiger partial charge in [0.05, 0.1) is 12.1 Å². The summed E-state index contributed by atoms with van der Waals surface area (Å²) < 4.78 is 0. The van der Waals surface area contributed by atoms with Crippen molar-refractivity contribution in [2.24, 2.45) is 0 Å². The molecule has 0 bridgehead atoms. The highest BCUT2D eigenvalue weighted by molar-refractivity contribution is 5.79. The van der Waals surface area contributed by atoms with Crippen LogP contribution in [-0.4, -0.2) is 71.0 Å². The number of hydrogen-bond acceptors (Lipinski definition) is 5. The van der Waals surface area contributed by atoms with E-state index in [1.54, 1.807) is 0 Å². The summed E-state index contributed by atoms with van der Waals surface area (Å²) in [6.07, 6.45) is 14.9. The van der Waals surface area contributed by atoms with E-state index in [0.29, 0.717) is 12.3 Å². The van der Waals surface area contributed by atoms with Crippen LogP contribution in [0.15, 0.2) is 30.5 Å². The normalized spacial score (nSPS) is 22.1. The van der Waals surface area contributed by atoms with Gasteiger partial charge in [-0.15, -0.1) is 0 Å². The van der Waals surface area contributed by atoms with Crippen molar-refractivity contribution in [1.82, 2.24) is 19.8 Å². The van der Waals surface area contributed by atoms with Crippen LogP contribution in [0.25, 0.3) is 0 Å². The van der Waals surface area contributed by atoms with E-state index in [1.807, 2.05) is 6.20 Å². The molecule has 0 radical (unpaired) electrons. The van der Waals surface area contributed by atoms with Crippen LogP contribution in [0.4, 0.5) is 5.95 Å². The molecule has 0 N–H and O–H groups in total. The van der Waals surface area contributed by atoms with Crippen LogP contribution in [0, 0.1) is 0 Å². The minimum atomic E-state index is 0.256. The minimum absolute atomic E-state index is 0.256. The summed E-state index contributed by atoms with van der Waals surface area (Å²) in [4.78, 5) is 30.3. The van der Waals surface area contributed by atoms with Crippen LogP contribution < -0.4 is 4.90 Å². The lowest BCUT2D eigenvalue weighted by atomic mass is 9.81. The number of carbonyl (C=O) groups excluding carboxylic acids is 1. The summed E-state index contributed by atoms with van der Waals surface area (Å²) in [6, 6.07) is 9.50. The molecule has 4 aliphatic rings. The van der Waals surface area contributed by atoms with Gasteiger partial charge in [0.2, 0.25) is 11.9 Å². The number of aromatic nitrogens is 2. The zero-order chi connectivity index (χ0) is 24.3. The first-order valence-corrected chi connectivity index (χ1v) is 14.4. The molecule has 1 saturated heterocycles. The number of benzene rings is 1. The molecular weight excluding hydrogens is 446 g/mol. The predicted molar refractivity (Wildman–Crippen MR) is 143 cm³/mol. The molecule has 1 amide bonds. The SMILES string of the molecule is O=C(Cc1ccccc1C1CCCCC1)N1CCc2cnc(N3CCN(C4CCC4)CC3)nc2CC1. The Bertz CT molecular complexity index is 1050. The Morgan fingerprint density at radius 3 is 2.42 bits per heavy atom. The molecule has 2 saturated carbocycles. The first-order valence-electron chi connectivity index (χ1n) is 14.4. The Morgan fingerprint density at radius 2 is 1.64 bits per heavy atom. The summed E-state index contributed by atoms with van der Waals surface area (Å²) in [7, 11) is 0. The van der Waals surface area contributed by atoms with Crippen molar-refractivity contribution < 1.29 is 4.79 Å². The third kappa shape index (κ3) is 5.15. The molecule has 0 atom stereocenters. The third-order valence-corrected chi connectivity index (χ3v) is 9.19. The Morgan fingerprint density at radius 1 is 0.861 bits per heavy atom. The number of rotatable bonds is 5. The van der Waals surface area contributed by atoms with Crippen molar-refractivity contribution in [3.05, 3.63) is 52.8 Å². The number of nitrogens with zero attached hydrogens (tertiary/aromatic N) is 5. The van der Waals surface area contributed by atoms with Crippen LogP contribution in [0.3, 0.4) is 0 Å². The molecule has 0 unspecified atom stereocenters. The van der Waals surface area contributed by atoms with E-state index >= 15 is 0 Å². The van der Waals surface area contributed by atoms with Gasteiger partial charge in [0, 0.05) is 57.9 Å². The zero-order valence-electron chi connectivity index (χ0n) is 21.7. The molecule has 2 aliphatic carbocycles. The van der Waals surface area contributed by atoms with Crippen molar-refractivity contribution in [2.75, 3.05) is 44.2 Å². The van der Waals surface area contributed by atoms with E-state index in [9.17, 15) is 4.79 Å². The lowest BCUT2D eigenvalue weighted by Crippen LogP contribution is -2.52. The molecule has 2 aromatic rings. The molecule has 1 aromatic carbocycles. The highest BCUT2D eigenvalue weighted by Crippen LogP contribution is 2.34. The Hall–Kier alpha value is -2.47. The second-order valence-electron chi connectivity index (χ2n) is 11.3. The maximum absolute atomic E-state index is 13.4. The molecule has 36 heavy (non-hydrogen) atoms. The molecule has 0 spiro atoms. The van der Waals surface area contributed by atoms with Crippen LogP contribution in [0.1, 0.15) is 79.7 Å². The van der Waals surface area contributed by atoms with Gasteiger partial charge in [-0.05, 0) is 54.7 Å². The number of piperazine rings is 1. The molecule has 6 rings (SSSR count). The first-order chi connectivity index (χ1) is 17.7. The molecule has 192 valence electrons. The van der Waals surface area contributed by atoms with Gasteiger partial charge in [0.1, 0.15) is 0 Å². The van der Waals surface area contributed by atoms with E-state index in [1.165, 1.54) is 68.1 Å². The summed E-state index contributed by atoms with van der Waals surface area (Å²) >= 11 is 0. The van der Waals surface area contributed by atoms with Gasteiger partial charge < -0.3 is 9.80 Å². The smallest absolute Gasteiger partial charge is 0.227 e. The number of anilines is 1. The number of hydrogen-bond donors (Lipinski definition) is 0. The Labute approximate surface area is 216 Å². The van der Waals surface area contributed by atoms with Gasteiger partial charge in [0.15, 0.2) is 0 Å². The molecule has 6 heteroatoms. The average Bonchev–Trinajstić information content (AvgIpc) is 3.11. The first kappa shape index (κ1) is 23.9. The van der Waals surface area contributed by atoms with Gasteiger partial charge in [-0.2, -0.15) is 0 Å². The third-order valence-electron chi connectivity index (χ3n) is 9.19. The van der Waals surface area contributed by atoms with Gasteiger partial charge in [-0.1, -0.05) is 49.9 Å². The van der Waals surface area contributed by atoms with Crippen molar-refractivity contribution in [1.29, 1.82) is 0 Å². The molecule has 3 heterocycles. The predicted octanol–water partition coefficient (Wildman–Crippen LogP) is 4.37. The molecule has 2 aliphatic heterocycles. The monoisotopic (exact) mass is 487 g/mol. The largest absolute Gasteiger partial charge is 0.342 e. The second-order valence-corrected chi connectivity index (χ2v) is 11.3. The van der Waals surface area contributed by atoms with E-state index < -0.39 is 0 Å². The molecule has 3 fully saturated rings. The maximum atomic E-state index is 13.4. The summed E-state index contributed by atoms with van der Waals surface area (Å²) in [5.41, 5.74) is 5.00. The minimum Gasteiger partial charge on any atom is -0.342 e. The van der Waals surface area contributed by atoms with Crippen LogP contribution in [0.5, 0.6) is 0 Å². The van der Waals surface area contributed by atoms with E-state index in [2.05, 4.69) is 39.0 Å². The van der Waals surface area contributed by atoms with Crippen LogP contribution >= 0.6 is 0 Å². The van der Waals surface area contributed by atoms with E-state index in [0.717, 1.165) is 69.8 Å². The molecule has 1 aromatic heterocycles. The fourth-order valence-corrected chi connectivity index (χ4v) is 6.69. The van der Waals surface area contributed by atoms with Gasteiger partial charge in [-0.3, -0.25) is 9.69 Å². The van der Waals surface area contributed by atoms with Crippen LogP contribution in [0.2, 0.25) is 0 Å². The summed E-state index contributed by atoms with van der Waals surface area (Å²) in [6.45, 7) is 5.79. The van der Waals surface area contributed by atoms with Gasteiger partial charge >= 0.3 is 0 Å². The fourth-order valence-electron chi connectivity index (χ4n) is 6.69. The number of amides is 1. The average molecular weight is 488 g/mol. The second kappa shape index (κ2) is 10.9. The maximum Gasteiger partial charge on any atom is 0.227 e. The summed E-state index contributed by atoms with van der Waals surface area (Å²) in [5.74, 6) is 1.76. The Balaban J connectivity index is 1.08. The van der Waals surface area contributed by atoms with Crippen LogP contribution in [-0.2, 0) is 24.1 Å². The summed E-state index contributed by atoms with van der Waals surface area (Å²) in [5, 5.41) is 0. The quantitative estimate of drug-likeness (QED) is 0.627. The molecule has 6 nitrogen and oxygen atoms in total. The van der Waals surface area contributed by atoms with Gasteiger partial charge in [-0.25, -0.2) is 9.97 Å². The number of fused-ring (bicyclic) bond motifs is 1. The van der Waals surface area contributed by atoms with Crippen molar-refractivity contribution in [3.8, 4) is 0 Å². The Kier molecular flexibility index (Phi) is 7.22. The van der Waals surface area contributed by atoms with Crippen molar-refractivity contribution in [3.63, 3.8) is 0 Å². The van der Waals surface area contributed by atoms with Gasteiger partial charge in [0.25, 0.3) is 0 Å².